The Morgan fingerprint density at radius 2 is 2.00 bits per heavy atom. The van der Waals surface area contributed by atoms with E-state index in [1.807, 2.05) is 0 Å². The minimum absolute atomic E-state index is 0.00779. The Bertz CT molecular complexity index is 1090. The highest BCUT2D eigenvalue weighted by Gasteiger charge is 2.33. The predicted octanol–water partition coefficient (Wildman–Crippen LogP) is 3.15. The van der Waals surface area contributed by atoms with Gasteiger partial charge in [0.2, 0.25) is 5.89 Å². The highest BCUT2D eigenvalue weighted by atomic mass is 19.4. The van der Waals surface area contributed by atoms with E-state index in [0.29, 0.717) is 10.9 Å². The first kappa shape index (κ1) is 22.6. The molecule has 0 atom stereocenters. The molecule has 0 aliphatic heterocycles. The Hall–Kier alpha value is -3.12. The van der Waals surface area contributed by atoms with E-state index in [0.717, 1.165) is 6.07 Å². The van der Waals surface area contributed by atoms with Crippen molar-refractivity contribution in [1.29, 1.82) is 0 Å². The average Bonchev–Trinajstić information content (AvgIpc) is 3.16. The molecule has 0 saturated heterocycles. The van der Waals surface area contributed by atoms with Gasteiger partial charge in [0.15, 0.2) is 5.69 Å². The Morgan fingerprint density at radius 1 is 1.23 bits per heavy atom. The number of pyridine rings is 1. The molecule has 0 bridgehead atoms. The van der Waals surface area contributed by atoms with Crippen molar-refractivity contribution in [2.75, 3.05) is 20.4 Å². The highest BCUT2D eigenvalue weighted by Crippen LogP contribution is 2.37. The third-order valence-corrected chi connectivity index (χ3v) is 4.21. The molecular weight excluding hydrogens is 418 g/mol. The van der Waals surface area contributed by atoms with Gasteiger partial charge in [-0.05, 0) is 31.2 Å². The summed E-state index contributed by atoms with van der Waals surface area (Å²) in [4.78, 5) is 20.2. The van der Waals surface area contributed by atoms with Crippen molar-refractivity contribution in [2.24, 2.45) is 5.73 Å². The van der Waals surface area contributed by atoms with Gasteiger partial charge < -0.3 is 24.3 Å². The largest absolute Gasteiger partial charge is 0.494 e. The van der Waals surface area contributed by atoms with Gasteiger partial charge in [0, 0.05) is 17.3 Å². The summed E-state index contributed by atoms with van der Waals surface area (Å²) >= 11 is 0. The van der Waals surface area contributed by atoms with E-state index in [-0.39, 0.29) is 48.3 Å². The monoisotopic (exact) mass is 436 g/mol. The lowest BCUT2D eigenvalue weighted by molar-refractivity contribution is -0.140. The number of oxazole rings is 1. The van der Waals surface area contributed by atoms with E-state index in [4.69, 9.17) is 24.3 Å². The molecular formula is C19H18BF3N3O5. The van der Waals surface area contributed by atoms with Gasteiger partial charge in [-0.1, -0.05) is 0 Å². The summed E-state index contributed by atoms with van der Waals surface area (Å²) < 4.78 is 60.3. The number of rotatable bonds is 8. The Morgan fingerprint density at radius 3 is 2.65 bits per heavy atom. The molecule has 2 aromatic heterocycles. The smallest absolute Gasteiger partial charge is 0.433 e. The van der Waals surface area contributed by atoms with Gasteiger partial charge in [-0.15, -0.1) is 0 Å². The zero-order valence-corrected chi connectivity index (χ0v) is 16.7. The number of ether oxygens (including phenoxy) is 2. The van der Waals surface area contributed by atoms with Gasteiger partial charge in [0.1, 0.15) is 22.7 Å². The van der Waals surface area contributed by atoms with E-state index in [1.165, 1.54) is 26.7 Å². The van der Waals surface area contributed by atoms with Crippen LogP contribution in [0, 0.1) is 0 Å². The van der Waals surface area contributed by atoms with Crippen molar-refractivity contribution < 1.29 is 36.5 Å². The highest BCUT2D eigenvalue weighted by molar-refractivity contribution is 6.26. The molecule has 2 heterocycles. The van der Waals surface area contributed by atoms with Gasteiger partial charge in [0.25, 0.3) is 0 Å². The molecule has 0 amide bonds. The first-order valence-electron chi connectivity index (χ1n) is 9.15. The van der Waals surface area contributed by atoms with Gasteiger partial charge in [-0.2, -0.15) is 13.2 Å². The van der Waals surface area contributed by atoms with Crippen molar-refractivity contribution in [3.8, 4) is 17.2 Å². The SMILES string of the molecule is CCOC(=O)c1nc(-c2ccc(OC)c3nc(C(F)(F)F)ccc23)oc1C[B]OCN. The number of carbonyl (C=O) groups excluding carboxylic acids is 1. The minimum Gasteiger partial charge on any atom is -0.494 e. The van der Waals surface area contributed by atoms with Crippen LogP contribution in [0.2, 0.25) is 0 Å². The molecule has 1 aromatic carbocycles. The fourth-order valence-electron chi connectivity index (χ4n) is 2.87. The van der Waals surface area contributed by atoms with Gasteiger partial charge in [-0.25, -0.2) is 14.8 Å². The van der Waals surface area contributed by atoms with Crippen molar-refractivity contribution in [2.45, 2.75) is 19.4 Å². The van der Waals surface area contributed by atoms with Crippen LogP contribution in [-0.2, 0) is 21.9 Å². The van der Waals surface area contributed by atoms with Crippen LogP contribution in [0.25, 0.3) is 22.4 Å². The molecule has 12 heteroatoms. The van der Waals surface area contributed by atoms with Crippen molar-refractivity contribution in [1.82, 2.24) is 9.97 Å². The maximum absolute atomic E-state index is 13.1. The van der Waals surface area contributed by atoms with Gasteiger partial charge in [0.05, 0.1) is 20.4 Å². The van der Waals surface area contributed by atoms with Crippen LogP contribution in [-0.4, -0.2) is 43.9 Å². The molecule has 0 aliphatic rings. The summed E-state index contributed by atoms with van der Waals surface area (Å²) in [5, 5.41) is 0.303. The zero-order valence-electron chi connectivity index (χ0n) is 16.7. The summed E-state index contributed by atoms with van der Waals surface area (Å²) in [7, 11) is 2.67. The normalized spacial score (nSPS) is 11.5. The van der Waals surface area contributed by atoms with Gasteiger partial charge >= 0.3 is 19.6 Å². The Labute approximate surface area is 175 Å². The lowest BCUT2D eigenvalue weighted by Crippen LogP contribution is -2.13. The Kier molecular flexibility index (Phi) is 6.81. The van der Waals surface area contributed by atoms with Crippen LogP contribution in [0.1, 0.15) is 28.9 Å². The molecule has 0 aliphatic carbocycles. The van der Waals surface area contributed by atoms with Crippen molar-refractivity contribution in [3.63, 3.8) is 0 Å². The van der Waals surface area contributed by atoms with Crippen LogP contribution < -0.4 is 10.5 Å². The van der Waals surface area contributed by atoms with Crippen molar-refractivity contribution in [3.05, 3.63) is 41.4 Å². The van der Waals surface area contributed by atoms with E-state index >= 15 is 0 Å². The van der Waals surface area contributed by atoms with Crippen LogP contribution in [0.4, 0.5) is 13.2 Å². The molecule has 0 fully saturated rings. The van der Waals surface area contributed by atoms with Crippen LogP contribution in [0.15, 0.2) is 28.7 Å². The first-order valence-corrected chi connectivity index (χ1v) is 9.15. The summed E-state index contributed by atoms with van der Waals surface area (Å²) in [5.74, 6) is -0.393. The maximum atomic E-state index is 13.1. The fraction of sp³-hybridized carbons (Fsp3) is 0.316. The van der Waals surface area contributed by atoms with E-state index in [1.54, 1.807) is 13.0 Å². The Balaban J connectivity index is 2.14. The number of fused-ring (bicyclic) bond motifs is 1. The number of halogens is 3. The molecule has 1 radical (unpaired) electrons. The summed E-state index contributed by atoms with van der Waals surface area (Å²) in [5.41, 5.74) is 4.44. The number of esters is 1. The topological polar surface area (TPSA) is 110 Å². The number of aromatic nitrogens is 2. The molecule has 163 valence electrons. The molecule has 2 N–H and O–H groups in total. The van der Waals surface area contributed by atoms with Crippen molar-refractivity contribution >= 4 is 24.4 Å². The second-order valence-electron chi connectivity index (χ2n) is 6.12. The lowest BCUT2D eigenvalue weighted by atomic mass is 9.93. The second kappa shape index (κ2) is 9.35. The third-order valence-electron chi connectivity index (χ3n) is 4.21. The summed E-state index contributed by atoms with van der Waals surface area (Å²) in [6.07, 6.45) is -4.55. The number of hydrogen-bond acceptors (Lipinski definition) is 8. The third kappa shape index (κ3) is 4.80. The molecule has 0 unspecified atom stereocenters. The van der Waals surface area contributed by atoms with Gasteiger partial charge in [-0.3, -0.25) is 0 Å². The number of carbonyl (C=O) groups is 1. The van der Waals surface area contributed by atoms with Crippen LogP contribution >= 0.6 is 0 Å². The lowest BCUT2D eigenvalue weighted by Gasteiger charge is -2.11. The average molecular weight is 436 g/mol. The number of benzene rings is 1. The number of hydrogen-bond donors (Lipinski definition) is 1. The predicted molar refractivity (Wildman–Crippen MR) is 104 cm³/mol. The minimum atomic E-state index is -4.62. The quantitative estimate of drug-likeness (QED) is 0.248. The summed E-state index contributed by atoms with van der Waals surface area (Å²) in [6.45, 7) is 1.70. The molecule has 3 rings (SSSR count). The molecule has 0 saturated carbocycles. The fourth-order valence-corrected chi connectivity index (χ4v) is 2.87. The number of nitrogens with zero attached hydrogens (tertiary/aromatic N) is 2. The summed E-state index contributed by atoms with van der Waals surface area (Å²) in [6, 6.07) is 5.11. The van der Waals surface area contributed by atoms with E-state index < -0.39 is 17.8 Å². The first-order chi connectivity index (χ1) is 14.8. The van der Waals surface area contributed by atoms with E-state index in [2.05, 4.69) is 9.97 Å². The molecule has 0 spiro atoms. The number of alkyl halides is 3. The zero-order chi connectivity index (χ0) is 22.6. The second-order valence-corrected chi connectivity index (χ2v) is 6.12. The standard InChI is InChI=1S/C19H18BF3N3O5/c1-3-29-18(27)16-13(8-20-30-9-24)31-17(26-16)11-4-6-12(28-2)15-10(11)5-7-14(25-15)19(21,22)23/h4-7H,3,8-9,24H2,1-2H3. The number of methoxy groups -OCH3 is 1. The molecule has 8 nitrogen and oxygen atoms in total. The molecule has 3 aromatic rings. The van der Waals surface area contributed by atoms with E-state index in [9.17, 15) is 18.0 Å². The number of nitrogens with two attached hydrogens (primary N) is 1. The van der Waals surface area contributed by atoms with Crippen LogP contribution in [0.3, 0.4) is 0 Å². The molecule has 31 heavy (non-hydrogen) atoms. The van der Waals surface area contributed by atoms with Crippen LogP contribution in [0.5, 0.6) is 5.75 Å². The maximum Gasteiger partial charge on any atom is 0.433 e.